The van der Waals surface area contributed by atoms with Gasteiger partial charge in [-0.2, -0.15) is 0 Å². The standard InChI is InChI=1S/C29H35NO3.ClH/c1-20(2)16-25-17-24(14-15-26(25)28(32)33)22-12-10-21(11-13-22)18-29(3,4)30-19-27(31)23-8-6-5-7-9-23;/h5-15,17,20,27,30-31H,16,18-19H2,1-4H3,(H,32,33);1H/t27-;/m0./s1. The first-order valence-corrected chi connectivity index (χ1v) is 11.6. The van der Waals surface area contributed by atoms with Gasteiger partial charge in [-0.25, -0.2) is 4.79 Å². The Labute approximate surface area is 209 Å². The van der Waals surface area contributed by atoms with Gasteiger partial charge in [0.05, 0.1) is 11.7 Å². The maximum absolute atomic E-state index is 11.6. The van der Waals surface area contributed by atoms with Crippen LogP contribution in [0.25, 0.3) is 11.1 Å². The summed E-state index contributed by atoms with van der Waals surface area (Å²) in [6, 6.07) is 23.8. The highest BCUT2D eigenvalue weighted by Crippen LogP contribution is 2.26. The Hall–Kier alpha value is -2.66. The molecule has 0 unspecified atom stereocenters. The lowest BCUT2D eigenvalue weighted by molar-refractivity contribution is 0.0695. The summed E-state index contributed by atoms with van der Waals surface area (Å²) in [5.41, 5.74) is 5.31. The van der Waals surface area contributed by atoms with Gasteiger partial charge in [0.25, 0.3) is 0 Å². The third-order valence-corrected chi connectivity index (χ3v) is 5.86. The van der Waals surface area contributed by atoms with Crippen LogP contribution in [0, 0.1) is 5.92 Å². The largest absolute Gasteiger partial charge is 0.478 e. The molecular weight excluding hydrogens is 446 g/mol. The molecule has 0 fully saturated rings. The number of benzene rings is 3. The number of carboxylic acid groups (broad SMARTS) is 1. The van der Waals surface area contributed by atoms with E-state index < -0.39 is 12.1 Å². The normalized spacial score (nSPS) is 12.3. The molecule has 3 N–H and O–H groups in total. The van der Waals surface area contributed by atoms with Crippen LogP contribution in [0.4, 0.5) is 0 Å². The molecule has 0 aliphatic rings. The van der Waals surface area contributed by atoms with Gasteiger partial charge in [-0.05, 0) is 66.5 Å². The van der Waals surface area contributed by atoms with Crippen molar-refractivity contribution in [2.75, 3.05) is 6.54 Å². The highest BCUT2D eigenvalue weighted by Gasteiger charge is 2.20. The van der Waals surface area contributed by atoms with E-state index in [9.17, 15) is 15.0 Å². The summed E-state index contributed by atoms with van der Waals surface area (Å²) in [6.07, 6.45) is 1.02. The topological polar surface area (TPSA) is 69.6 Å². The fraction of sp³-hybridized carbons (Fsp3) is 0.345. The van der Waals surface area contributed by atoms with Gasteiger partial charge in [-0.1, -0.05) is 80.6 Å². The number of hydrogen-bond acceptors (Lipinski definition) is 3. The second kappa shape index (κ2) is 12.2. The average Bonchev–Trinajstić information content (AvgIpc) is 2.78. The molecule has 1 atom stereocenters. The van der Waals surface area contributed by atoms with Crippen molar-refractivity contribution >= 4 is 18.4 Å². The summed E-state index contributed by atoms with van der Waals surface area (Å²) in [7, 11) is 0. The quantitative estimate of drug-likeness (QED) is 0.317. The van der Waals surface area contributed by atoms with Crippen molar-refractivity contribution in [1.29, 1.82) is 0 Å². The van der Waals surface area contributed by atoms with Crippen LogP contribution in [0.15, 0.2) is 72.8 Å². The molecule has 0 aromatic heterocycles. The molecule has 0 radical (unpaired) electrons. The van der Waals surface area contributed by atoms with Gasteiger partial charge in [0, 0.05) is 12.1 Å². The van der Waals surface area contributed by atoms with E-state index in [-0.39, 0.29) is 17.9 Å². The van der Waals surface area contributed by atoms with Crippen molar-refractivity contribution in [1.82, 2.24) is 5.32 Å². The van der Waals surface area contributed by atoms with Crippen LogP contribution in [0.1, 0.15) is 60.8 Å². The first kappa shape index (κ1) is 27.6. The maximum Gasteiger partial charge on any atom is 0.335 e. The summed E-state index contributed by atoms with van der Waals surface area (Å²) in [5, 5.41) is 23.4. The van der Waals surface area contributed by atoms with E-state index in [0.717, 1.165) is 35.1 Å². The molecule has 0 heterocycles. The first-order chi connectivity index (χ1) is 15.6. The second-order valence-corrected chi connectivity index (χ2v) is 9.84. The van der Waals surface area contributed by atoms with Gasteiger partial charge in [-0.15, -0.1) is 12.4 Å². The third kappa shape index (κ3) is 7.69. The van der Waals surface area contributed by atoms with E-state index in [0.29, 0.717) is 18.0 Å². The number of carbonyl (C=O) groups is 1. The average molecular weight is 482 g/mol. The van der Waals surface area contributed by atoms with Gasteiger partial charge >= 0.3 is 5.97 Å². The van der Waals surface area contributed by atoms with E-state index in [1.54, 1.807) is 6.07 Å². The molecule has 0 saturated carbocycles. The fourth-order valence-electron chi connectivity index (χ4n) is 4.14. The summed E-state index contributed by atoms with van der Waals surface area (Å²) >= 11 is 0. The highest BCUT2D eigenvalue weighted by molar-refractivity contribution is 5.90. The number of carboxylic acids is 1. The Kier molecular flexibility index (Phi) is 9.87. The fourth-order valence-corrected chi connectivity index (χ4v) is 4.14. The van der Waals surface area contributed by atoms with Crippen LogP contribution in [-0.4, -0.2) is 28.3 Å². The van der Waals surface area contributed by atoms with E-state index in [1.165, 1.54) is 5.56 Å². The molecular formula is C29H36ClNO3. The van der Waals surface area contributed by atoms with Gasteiger partial charge in [-0.3, -0.25) is 0 Å². The Bertz CT molecular complexity index is 1060. The Morgan fingerprint density at radius 1 is 0.941 bits per heavy atom. The zero-order valence-corrected chi connectivity index (χ0v) is 21.2. The minimum atomic E-state index is -0.875. The van der Waals surface area contributed by atoms with Crippen LogP contribution in [-0.2, 0) is 12.8 Å². The number of aliphatic hydroxyl groups excluding tert-OH is 1. The lowest BCUT2D eigenvalue weighted by atomic mass is 9.91. The van der Waals surface area contributed by atoms with E-state index in [1.807, 2.05) is 42.5 Å². The van der Waals surface area contributed by atoms with Gasteiger partial charge in [0.15, 0.2) is 0 Å². The minimum Gasteiger partial charge on any atom is -0.478 e. The number of β-amino-alcohol motifs (C(OH)–C–C–N with tert-alkyl or cyclic N) is 1. The van der Waals surface area contributed by atoms with Crippen molar-refractivity contribution in [2.45, 2.75) is 52.2 Å². The molecule has 0 saturated heterocycles. The van der Waals surface area contributed by atoms with E-state index >= 15 is 0 Å². The highest BCUT2D eigenvalue weighted by atomic mass is 35.5. The van der Waals surface area contributed by atoms with Crippen LogP contribution >= 0.6 is 12.4 Å². The van der Waals surface area contributed by atoms with E-state index in [4.69, 9.17) is 0 Å². The third-order valence-electron chi connectivity index (χ3n) is 5.86. The molecule has 0 bridgehead atoms. The van der Waals surface area contributed by atoms with Crippen molar-refractivity contribution in [3.8, 4) is 11.1 Å². The summed E-state index contributed by atoms with van der Waals surface area (Å²) < 4.78 is 0. The molecule has 0 aliphatic carbocycles. The van der Waals surface area contributed by atoms with Crippen molar-refractivity contribution in [3.05, 3.63) is 95.1 Å². The number of halogens is 1. The van der Waals surface area contributed by atoms with Crippen LogP contribution in [0.3, 0.4) is 0 Å². The number of nitrogens with one attached hydrogen (secondary N) is 1. The molecule has 3 aromatic carbocycles. The Morgan fingerprint density at radius 2 is 1.56 bits per heavy atom. The van der Waals surface area contributed by atoms with E-state index in [2.05, 4.69) is 57.3 Å². The molecule has 4 nitrogen and oxygen atoms in total. The molecule has 0 amide bonds. The molecule has 34 heavy (non-hydrogen) atoms. The molecule has 5 heteroatoms. The summed E-state index contributed by atoms with van der Waals surface area (Å²) in [5.74, 6) is -0.490. The Morgan fingerprint density at radius 3 is 2.15 bits per heavy atom. The number of aromatic carboxylic acids is 1. The first-order valence-electron chi connectivity index (χ1n) is 11.6. The van der Waals surface area contributed by atoms with Crippen molar-refractivity contribution in [3.63, 3.8) is 0 Å². The molecule has 0 spiro atoms. The zero-order valence-electron chi connectivity index (χ0n) is 20.4. The van der Waals surface area contributed by atoms with Gasteiger partial charge < -0.3 is 15.5 Å². The van der Waals surface area contributed by atoms with Crippen molar-refractivity contribution in [2.24, 2.45) is 5.92 Å². The number of rotatable bonds is 10. The predicted octanol–water partition coefficient (Wildman–Crippen LogP) is 6.32. The SMILES string of the molecule is CC(C)Cc1cc(-c2ccc(CC(C)(C)NC[C@H](O)c3ccccc3)cc2)ccc1C(=O)O.Cl. The second-order valence-electron chi connectivity index (χ2n) is 9.84. The van der Waals surface area contributed by atoms with Crippen LogP contribution in [0.2, 0.25) is 0 Å². The minimum absolute atomic E-state index is 0. The lowest BCUT2D eigenvalue weighted by Crippen LogP contribution is -2.43. The lowest BCUT2D eigenvalue weighted by Gasteiger charge is -2.28. The smallest absolute Gasteiger partial charge is 0.335 e. The summed E-state index contributed by atoms with van der Waals surface area (Å²) in [6.45, 7) is 8.97. The maximum atomic E-state index is 11.6. The summed E-state index contributed by atoms with van der Waals surface area (Å²) in [4.78, 5) is 11.6. The van der Waals surface area contributed by atoms with Gasteiger partial charge in [0.2, 0.25) is 0 Å². The number of aliphatic hydroxyl groups is 1. The molecule has 3 rings (SSSR count). The predicted molar refractivity (Wildman–Crippen MR) is 142 cm³/mol. The van der Waals surface area contributed by atoms with Gasteiger partial charge in [0.1, 0.15) is 0 Å². The number of hydrogen-bond donors (Lipinski definition) is 3. The zero-order chi connectivity index (χ0) is 24.0. The monoisotopic (exact) mass is 481 g/mol. The van der Waals surface area contributed by atoms with Crippen LogP contribution < -0.4 is 5.32 Å². The molecule has 3 aromatic rings. The molecule has 0 aliphatic heterocycles. The van der Waals surface area contributed by atoms with Crippen LogP contribution in [0.5, 0.6) is 0 Å². The van der Waals surface area contributed by atoms with Crippen molar-refractivity contribution < 1.29 is 15.0 Å². The molecule has 182 valence electrons. The Balaban J connectivity index is 0.00000408.